The molecule has 0 radical (unpaired) electrons. The van der Waals surface area contributed by atoms with Gasteiger partial charge in [-0.05, 0) is 44.9 Å². The third-order valence-corrected chi connectivity index (χ3v) is 5.32. The zero-order valence-electron chi connectivity index (χ0n) is 15.8. The average Bonchev–Trinajstić information content (AvgIpc) is 3.08. The maximum atomic E-state index is 13.0. The van der Waals surface area contributed by atoms with Crippen LogP contribution in [0.2, 0.25) is 0 Å². The molecule has 0 aliphatic carbocycles. The quantitative estimate of drug-likeness (QED) is 0.823. The summed E-state index contributed by atoms with van der Waals surface area (Å²) in [7, 11) is 0. The molecule has 27 heavy (non-hydrogen) atoms. The monoisotopic (exact) mass is 363 g/mol. The molecule has 2 aliphatic heterocycles. The van der Waals surface area contributed by atoms with E-state index in [2.05, 4.69) is 29.6 Å². The Labute approximate surface area is 160 Å². The molecule has 0 spiro atoms. The second-order valence-corrected chi connectivity index (χ2v) is 7.41. The molecule has 0 N–H and O–H groups in total. The van der Waals surface area contributed by atoms with Gasteiger partial charge >= 0.3 is 0 Å². The Hall–Kier alpha value is -2.82. The van der Waals surface area contributed by atoms with Gasteiger partial charge in [-0.2, -0.15) is 0 Å². The van der Waals surface area contributed by atoms with Crippen LogP contribution in [0.4, 0.5) is 0 Å². The molecule has 1 amide bonds. The number of imidazole rings is 1. The Kier molecular flexibility index (Phi) is 4.84. The van der Waals surface area contributed by atoms with Crippen LogP contribution in [-0.2, 0) is 4.79 Å². The maximum absolute atomic E-state index is 13.0. The highest BCUT2D eigenvalue weighted by atomic mass is 16.5. The van der Waals surface area contributed by atoms with E-state index in [-0.39, 0.29) is 5.91 Å². The van der Waals surface area contributed by atoms with E-state index in [0.29, 0.717) is 17.5 Å². The van der Waals surface area contributed by atoms with Crippen molar-refractivity contribution in [3.05, 3.63) is 66.0 Å². The number of benzene rings is 1. The minimum Gasteiger partial charge on any atom is -0.464 e. The fourth-order valence-corrected chi connectivity index (χ4v) is 3.84. The highest BCUT2D eigenvalue weighted by molar-refractivity contribution is 6.01. The molecule has 1 fully saturated rings. The summed E-state index contributed by atoms with van der Waals surface area (Å²) in [4.78, 5) is 19.5. The van der Waals surface area contributed by atoms with Gasteiger partial charge in [0.25, 0.3) is 5.91 Å². The van der Waals surface area contributed by atoms with Gasteiger partial charge in [-0.15, -0.1) is 0 Å². The van der Waals surface area contributed by atoms with Gasteiger partial charge in [0.05, 0.1) is 6.26 Å². The lowest BCUT2D eigenvalue weighted by atomic mass is 9.95. The first-order valence-electron chi connectivity index (χ1n) is 9.59. The maximum Gasteiger partial charge on any atom is 0.253 e. The molecule has 1 saturated heterocycles. The summed E-state index contributed by atoms with van der Waals surface area (Å²) in [6, 6.07) is 8.16. The molecule has 4 rings (SSSR count). The van der Waals surface area contributed by atoms with Crippen molar-refractivity contribution in [3.8, 4) is 5.75 Å². The molecule has 3 heterocycles. The number of rotatable bonds is 3. The van der Waals surface area contributed by atoms with Crippen molar-refractivity contribution >= 4 is 12.0 Å². The predicted molar refractivity (Wildman–Crippen MR) is 105 cm³/mol. The molecule has 0 bridgehead atoms. The molecule has 2 aliphatic rings. The van der Waals surface area contributed by atoms with Crippen molar-refractivity contribution in [1.29, 1.82) is 0 Å². The number of aromatic nitrogens is 2. The second-order valence-electron chi connectivity index (χ2n) is 7.41. The summed E-state index contributed by atoms with van der Waals surface area (Å²) >= 11 is 0. The topological polar surface area (TPSA) is 47.4 Å². The average molecular weight is 363 g/mol. The molecule has 1 aromatic heterocycles. The number of ether oxygens (including phenoxy) is 1. The third kappa shape index (κ3) is 3.54. The van der Waals surface area contributed by atoms with E-state index >= 15 is 0 Å². The van der Waals surface area contributed by atoms with Crippen LogP contribution in [0.1, 0.15) is 50.0 Å². The van der Waals surface area contributed by atoms with Crippen molar-refractivity contribution in [1.82, 2.24) is 14.5 Å². The van der Waals surface area contributed by atoms with Crippen LogP contribution >= 0.6 is 0 Å². The molecule has 0 atom stereocenters. The van der Waals surface area contributed by atoms with E-state index in [1.165, 1.54) is 0 Å². The summed E-state index contributed by atoms with van der Waals surface area (Å²) in [6.07, 6.45) is 11.1. The summed E-state index contributed by atoms with van der Waals surface area (Å²) in [5, 5.41) is 0. The lowest BCUT2D eigenvalue weighted by molar-refractivity contribution is -0.127. The first-order chi connectivity index (χ1) is 13.1. The minimum absolute atomic E-state index is 0.0669. The van der Waals surface area contributed by atoms with Gasteiger partial charge in [-0.25, -0.2) is 4.98 Å². The summed E-state index contributed by atoms with van der Waals surface area (Å²) in [6.45, 7) is 5.85. The molecule has 5 nitrogen and oxygen atoms in total. The zero-order chi connectivity index (χ0) is 18.8. The number of amides is 1. The number of piperidine rings is 1. The smallest absolute Gasteiger partial charge is 0.253 e. The van der Waals surface area contributed by atoms with E-state index in [1.54, 1.807) is 12.3 Å². The molecule has 0 saturated carbocycles. The highest BCUT2D eigenvalue weighted by Gasteiger charge is 2.28. The number of fused-ring (bicyclic) bond motifs is 1. The number of likely N-dealkylation sites (tertiary alicyclic amines) is 1. The standard InChI is InChI=1S/C22H25N3O2/c1-16(2)25-13-10-23-21(25)17-7-11-24(12-8-17)22(26)19-9-14-27-20-6-4-3-5-18(20)15-19/h3-6,9-10,13-17H,7-8,11-12H2,1-2H3. The lowest BCUT2D eigenvalue weighted by Gasteiger charge is -2.32. The zero-order valence-corrected chi connectivity index (χ0v) is 15.8. The largest absolute Gasteiger partial charge is 0.464 e. The Bertz CT molecular complexity index is 886. The molecule has 2 aromatic rings. The fourth-order valence-electron chi connectivity index (χ4n) is 3.84. The van der Waals surface area contributed by atoms with Crippen molar-refractivity contribution in [3.63, 3.8) is 0 Å². The fraction of sp³-hybridized carbons (Fsp3) is 0.364. The summed E-state index contributed by atoms with van der Waals surface area (Å²) in [5.74, 6) is 2.40. The van der Waals surface area contributed by atoms with Crippen molar-refractivity contribution in [2.75, 3.05) is 13.1 Å². The van der Waals surface area contributed by atoms with Crippen LogP contribution in [-0.4, -0.2) is 33.4 Å². The van der Waals surface area contributed by atoms with Gasteiger partial charge < -0.3 is 14.2 Å². The Morgan fingerprint density at radius 3 is 2.78 bits per heavy atom. The number of carbonyl (C=O) groups is 1. The van der Waals surface area contributed by atoms with Gasteiger partial charge in [0.2, 0.25) is 0 Å². The van der Waals surface area contributed by atoms with E-state index in [9.17, 15) is 4.79 Å². The Morgan fingerprint density at radius 1 is 1.22 bits per heavy atom. The van der Waals surface area contributed by atoms with Gasteiger partial charge in [0.15, 0.2) is 0 Å². The van der Waals surface area contributed by atoms with E-state index in [4.69, 9.17) is 4.74 Å². The van der Waals surface area contributed by atoms with Gasteiger partial charge in [-0.1, -0.05) is 18.2 Å². The minimum atomic E-state index is 0.0669. The van der Waals surface area contributed by atoms with Gasteiger partial charge in [-0.3, -0.25) is 4.79 Å². The molecule has 1 aromatic carbocycles. The molecule has 5 heteroatoms. The predicted octanol–water partition coefficient (Wildman–Crippen LogP) is 4.16. The van der Waals surface area contributed by atoms with Crippen LogP contribution in [0.3, 0.4) is 0 Å². The number of carbonyl (C=O) groups excluding carboxylic acids is 1. The summed E-state index contributed by atoms with van der Waals surface area (Å²) in [5.41, 5.74) is 1.60. The Morgan fingerprint density at radius 2 is 2.00 bits per heavy atom. The SMILES string of the molecule is CC(C)n1ccnc1C1CCN(C(=O)C2=Cc3ccccc3OC=C2)CC1. The van der Waals surface area contributed by atoms with E-state index in [1.807, 2.05) is 41.4 Å². The number of hydrogen-bond donors (Lipinski definition) is 0. The second kappa shape index (κ2) is 7.43. The van der Waals surface area contributed by atoms with Crippen molar-refractivity contribution < 1.29 is 9.53 Å². The van der Waals surface area contributed by atoms with Crippen LogP contribution in [0.25, 0.3) is 6.08 Å². The van der Waals surface area contributed by atoms with Crippen molar-refractivity contribution in [2.24, 2.45) is 0 Å². The Balaban J connectivity index is 1.46. The normalized spacial score (nSPS) is 17.3. The molecule has 0 unspecified atom stereocenters. The van der Waals surface area contributed by atoms with Crippen LogP contribution < -0.4 is 4.74 Å². The van der Waals surface area contributed by atoms with Crippen LogP contribution in [0, 0.1) is 0 Å². The lowest BCUT2D eigenvalue weighted by Crippen LogP contribution is -2.39. The van der Waals surface area contributed by atoms with Crippen LogP contribution in [0.5, 0.6) is 5.75 Å². The number of para-hydroxylation sites is 1. The number of hydrogen-bond acceptors (Lipinski definition) is 3. The third-order valence-electron chi connectivity index (χ3n) is 5.32. The van der Waals surface area contributed by atoms with Gasteiger partial charge in [0, 0.05) is 48.6 Å². The molecular weight excluding hydrogens is 338 g/mol. The van der Waals surface area contributed by atoms with Gasteiger partial charge in [0.1, 0.15) is 11.6 Å². The first-order valence-corrected chi connectivity index (χ1v) is 9.59. The van der Waals surface area contributed by atoms with Crippen LogP contribution in [0.15, 0.2) is 54.6 Å². The van der Waals surface area contributed by atoms with E-state index < -0.39 is 0 Å². The summed E-state index contributed by atoms with van der Waals surface area (Å²) < 4.78 is 7.85. The van der Waals surface area contributed by atoms with Crippen molar-refractivity contribution in [2.45, 2.75) is 38.6 Å². The van der Waals surface area contributed by atoms with E-state index in [0.717, 1.165) is 43.1 Å². The molecule has 140 valence electrons. The number of nitrogens with zero attached hydrogens (tertiary/aromatic N) is 3. The first kappa shape index (κ1) is 17.6. The molecular formula is C22H25N3O2. The highest BCUT2D eigenvalue weighted by Crippen LogP contribution is 2.30.